The van der Waals surface area contributed by atoms with Gasteiger partial charge in [0.1, 0.15) is 17.6 Å². The van der Waals surface area contributed by atoms with E-state index in [9.17, 15) is 15.2 Å². The lowest BCUT2D eigenvalue weighted by atomic mass is 9.46. The number of rotatable bonds is 0. The number of nitrogens with zero attached hydrogens (tertiary/aromatic N) is 1. The highest BCUT2D eigenvalue weighted by Crippen LogP contribution is 2.71. The number of epoxide rings is 1. The molecule has 1 heterocycles. The molecule has 5 rings (SSSR count). The Morgan fingerprint density at radius 2 is 1.96 bits per heavy atom. The number of aliphatic hydroxyl groups excluding tert-OH is 1. The van der Waals surface area contributed by atoms with Crippen LogP contribution in [0.3, 0.4) is 0 Å². The second kappa shape index (κ2) is 4.37. The third-order valence-electron chi connectivity index (χ3n) is 8.43. The van der Waals surface area contributed by atoms with Gasteiger partial charge in [0.2, 0.25) is 0 Å². The average Bonchev–Trinajstić information content (AvgIpc) is 3.19. The molecule has 0 aromatic heterocycles. The first-order chi connectivity index (χ1) is 11.0. The van der Waals surface area contributed by atoms with Crippen LogP contribution in [0.4, 0.5) is 0 Å². The fraction of sp³-hybridized carbons (Fsp3) is 0.895. The summed E-state index contributed by atoms with van der Waals surface area (Å²) in [5, 5.41) is 19.7. The molecule has 4 unspecified atom stereocenters. The Kier molecular flexibility index (Phi) is 2.74. The minimum absolute atomic E-state index is 0.0343. The Morgan fingerprint density at radius 3 is 2.74 bits per heavy atom. The van der Waals surface area contributed by atoms with Crippen molar-refractivity contribution in [3.8, 4) is 6.07 Å². The summed E-state index contributed by atoms with van der Waals surface area (Å²) < 4.78 is 6.05. The standard InChI is InChI=1S/C19H25NO3/c1-18-8-10(9-20)16(22)17-19(18,23-17)7-6-12-11-3-5-15(21)13(11)2-4-14(12)18/h10-15,17,21H,2-8H2,1H3/t10-,11?,12?,13?,14?,15-,17+,18+,19+/m0/s1. The number of ketones is 1. The van der Waals surface area contributed by atoms with Gasteiger partial charge in [0.15, 0.2) is 5.78 Å². The topological polar surface area (TPSA) is 73.6 Å². The van der Waals surface area contributed by atoms with Crippen molar-refractivity contribution < 1.29 is 14.6 Å². The van der Waals surface area contributed by atoms with Crippen LogP contribution in [0.1, 0.15) is 51.9 Å². The fourth-order valence-electron chi connectivity index (χ4n) is 7.32. The van der Waals surface area contributed by atoms with Gasteiger partial charge in [-0.3, -0.25) is 4.79 Å². The molecule has 4 saturated carbocycles. The van der Waals surface area contributed by atoms with E-state index in [-0.39, 0.29) is 29.0 Å². The van der Waals surface area contributed by atoms with Gasteiger partial charge in [0.25, 0.3) is 0 Å². The van der Waals surface area contributed by atoms with Crippen LogP contribution < -0.4 is 0 Å². The van der Waals surface area contributed by atoms with Crippen molar-refractivity contribution in [3.63, 3.8) is 0 Å². The Bertz CT molecular complexity index is 612. The number of hydrogen-bond donors (Lipinski definition) is 1. The molecule has 9 atom stereocenters. The highest BCUT2D eigenvalue weighted by molar-refractivity contribution is 5.92. The van der Waals surface area contributed by atoms with Crippen LogP contribution in [0, 0.1) is 46.3 Å². The van der Waals surface area contributed by atoms with Gasteiger partial charge in [0, 0.05) is 5.41 Å². The van der Waals surface area contributed by atoms with Crippen molar-refractivity contribution in [2.45, 2.75) is 69.7 Å². The van der Waals surface area contributed by atoms with Crippen LogP contribution in [0.25, 0.3) is 0 Å². The number of hydrogen-bond acceptors (Lipinski definition) is 4. The summed E-state index contributed by atoms with van der Waals surface area (Å²) in [4.78, 5) is 12.4. The molecule has 4 aliphatic carbocycles. The van der Waals surface area contributed by atoms with Gasteiger partial charge in [-0.25, -0.2) is 0 Å². The Labute approximate surface area is 137 Å². The van der Waals surface area contributed by atoms with Crippen LogP contribution in [-0.2, 0) is 9.53 Å². The summed E-state index contributed by atoms with van der Waals surface area (Å²) in [6.45, 7) is 2.30. The molecule has 0 aromatic carbocycles. The summed E-state index contributed by atoms with van der Waals surface area (Å²) in [7, 11) is 0. The predicted octanol–water partition coefficient (Wildman–Crippen LogP) is 2.45. The summed E-state index contributed by atoms with van der Waals surface area (Å²) in [5.41, 5.74) is -0.296. The number of nitriles is 1. The summed E-state index contributed by atoms with van der Waals surface area (Å²) in [6.07, 6.45) is 6.72. The van der Waals surface area contributed by atoms with Crippen LogP contribution in [-0.4, -0.2) is 28.7 Å². The molecule has 5 fully saturated rings. The van der Waals surface area contributed by atoms with Crippen LogP contribution in [0.2, 0.25) is 0 Å². The molecule has 4 nitrogen and oxygen atoms in total. The number of ether oxygens (including phenoxy) is 1. The average molecular weight is 315 g/mol. The maximum Gasteiger partial charge on any atom is 0.181 e. The van der Waals surface area contributed by atoms with Crippen LogP contribution in [0.5, 0.6) is 0 Å². The van der Waals surface area contributed by atoms with Gasteiger partial charge in [-0.15, -0.1) is 0 Å². The molecule has 1 saturated heterocycles. The molecule has 0 aromatic rings. The zero-order valence-corrected chi connectivity index (χ0v) is 13.7. The Balaban J connectivity index is 1.51. The first kappa shape index (κ1) is 14.4. The molecule has 1 spiro atoms. The van der Waals surface area contributed by atoms with Gasteiger partial charge in [-0.2, -0.15) is 5.26 Å². The van der Waals surface area contributed by atoms with Crippen LogP contribution in [0.15, 0.2) is 0 Å². The monoisotopic (exact) mass is 315 g/mol. The lowest BCUT2D eigenvalue weighted by Gasteiger charge is -2.57. The normalized spacial score (nSPS) is 60.0. The van der Waals surface area contributed by atoms with Crippen molar-refractivity contribution in [3.05, 3.63) is 0 Å². The molecule has 0 amide bonds. The lowest BCUT2D eigenvalue weighted by Crippen LogP contribution is -2.58. The third kappa shape index (κ3) is 1.56. The van der Waals surface area contributed by atoms with Crippen molar-refractivity contribution in [2.75, 3.05) is 0 Å². The first-order valence-corrected chi connectivity index (χ1v) is 9.31. The number of fused-ring (bicyclic) bond motifs is 4. The first-order valence-electron chi connectivity index (χ1n) is 9.31. The van der Waals surface area contributed by atoms with E-state index in [0.29, 0.717) is 30.1 Å². The number of aliphatic hydroxyl groups is 1. The van der Waals surface area contributed by atoms with Crippen molar-refractivity contribution in [1.29, 1.82) is 5.26 Å². The minimum Gasteiger partial charge on any atom is -0.393 e. The van der Waals surface area contributed by atoms with E-state index in [2.05, 4.69) is 13.0 Å². The maximum absolute atomic E-state index is 12.4. The molecule has 5 aliphatic rings. The molecule has 124 valence electrons. The second-order valence-electron chi connectivity index (χ2n) is 8.95. The highest BCUT2D eigenvalue weighted by atomic mass is 16.6. The Morgan fingerprint density at radius 1 is 1.17 bits per heavy atom. The van der Waals surface area contributed by atoms with E-state index in [4.69, 9.17) is 4.74 Å². The van der Waals surface area contributed by atoms with E-state index in [0.717, 1.165) is 38.5 Å². The SMILES string of the molecule is C[C@]12C[C@@H](C#N)C(=O)[C@H]3O[C@]31CCC1C3CC[C@H](O)C3CCC12. The quantitative estimate of drug-likeness (QED) is 0.697. The number of carbonyl (C=O) groups excluding carboxylic acids is 1. The molecule has 0 bridgehead atoms. The number of carbonyl (C=O) groups is 1. The number of Topliss-reactive ketones (excluding diaryl/α,β-unsaturated/α-hetero) is 1. The van der Waals surface area contributed by atoms with Gasteiger partial charge in [-0.05, 0) is 68.6 Å². The van der Waals surface area contributed by atoms with Gasteiger partial charge < -0.3 is 9.84 Å². The van der Waals surface area contributed by atoms with E-state index in [1.807, 2.05) is 0 Å². The van der Waals surface area contributed by atoms with Crippen LogP contribution >= 0.6 is 0 Å². The fourth-order valence-corrected chi connectivity index (χ4v) is 7.32. The van der Waals surface area contributed by atoms with Crippen molar-refractivity contribution >= 4 is 5.78 Å². The van der Waals surface area contributed by atoms with Crippen molar-refractivity contribution in [2.24, 2.45) is 35.0 Å². The smallest absolute Gasteiger partial charge is 0.181 e. The second-order valence-corrected chi connectivity index (χ2v) is 8.95. The lowest BCUT2D eigenvalue weighted by molar-refractivity contribution is -0.131. The zero-order chi connectivity index (χ0) is 16.0. The zero-order valence-electron chi connectivity index (χ0n) is 13.7. The van der Waals surface area contributed by atoms with Crippen molar-refractivity contribution in [1.82, 2.24) is 0 Å². The summed E-state index contributed by atoms with van der Waals surface area (Å²) >= 11 is 0. The van der Waals surface area contributed by atoms with Gasteiger partial charge in [0.05, 0.1) is 12.2 Å². The summed E-state index contributed by atoms with van der Waals surface area (Å²) in [5.74, 6) is 1.89. The molecule has 4 heteroatoms. The molecule has 23 heavy (non-hydrogen) atoms. The molecular formula is C19H25NO3. The third-order valence-corrected chi connectivity index (χ3v) is 8.43. The summed E-state index contributed by atoms with van der Waals surface area (Å²) in [6, 6.07) is 2.25. The van der Waals surface area contributed by atoms with E-state index in [1.165, 1.54) is 0 Å². The van der Waals surface area contributed by atoms with E-state index < -0.39 is 5.92 Å². The largest absolute Gasteiger partial charge is 0.393 e. The maximum atomic E-state index is 12.4. The van der Waals surface area contributed by atoms with E-state index >= 15 is 0 Å². The molecule has 1 N–H and O–H groups in total. The molecule has 1 aliphatic heterocycles. The van der Waals surface area contributed by atoms with E-state index in [1.54, 1.807) is 0 Å². The minimum atomic E-state index is -0.480. The Hall–Kier alpha value is -0.920. The predicted molar refractivity (Wildman–Crippen MR) is 82.1 cm³/mol. The molecular weight excluding hydrogens is 290 g/mol. The van der Waals surface area contributed by atoms with Gasteiger partial charge in [-0.1, -0.05) is 6.92 Å². The van der Waals surface area contributed by atoms with Gasteiger partial charge >= 0.3 is 0 Å². The highest BCUT2D eigenvalue weighted by Gasteiger charge is 2.77. The molecule has 0 radical (unpaired) electrons.